The summed E-state index contributed by atoms with van der Waals surface area (Å²) in [6, 6.07) is 5.39. The first kappa shape index (κ1) is 20.5. The highest BCUT2D eigenvalue weighted by Gasteiger charge is 2.50. The first-order valence-electron chi connectivity index (χ1n) is 7.96. The van der Waals surface area contributed by atoms with E-state index < -0.39 is 53.6 Å². The van der Waals surface area contributed by atoms with Gasteiger partial charge in [0.1, 0.15) is 12.2 Å². The van der Waals surface area contributed by atoms with Crippen molar-refractivity contribution in [2.75, 3.05) is 7.11 Å². The minimum absolute atomic E-state index is 0.101. The number of ether oxygens (including phenoxy) is 2. The molecular formula is C17H19NO9. The number of rotatable bonds is 5. The number of benzene rings is 1. The number of nitrogens with zero attached hydrogens (tertiary/aromatic N) is 1. The van der Waals surface area contributed by atoms with E-state index in [9.17, 15) is 35.0 Å². The Hall–Kier alpha value is -2.82. The fourth-order valence-corrected chi connectivity index (χ4v) is 2.78. The lowest BCUT2D eigenvalue weighted by Crippen LogP contribution is -2.57. The van der Waals surface area contributed by atoms with Crippen molar-refractivity contribution in [1.29, 1.82) is 0 Å². The van der Waals surface area contributed by atoms with Crippen molar-refractivity contribution in [3.63, 3.8) is 0 Å². The number of carbonyl (C=O) groups is 2. The monoisotopic (exact) mass is 381 g/mol. The number of hydrogen-bond acceptors (Lipinski definition) is 9. The summed E-state index contributed by atoms with van der Waals surface area (Å²) in [7, 11) is 1.06. The van der Waals surface area contributed by atoms with Gasteiger partial charge in [0.15, 0.2) is 5.60 Å². The maximum Gasteiger partial charge on any atom is 0.338 e. The molecule has 0 unspecified atom stereocenters. The third-order valence-corrected chi connectivity index (χ3v) is 4.21. The summed E-state index contributed by atoms with van der Waals surface area (Å²) in [4.78, 5) is 33.7. The number of non-ortho nitro benzene ring substituents is 1. The first-order chi connectivity index (χ1) is 12.7. The molecule has 3 N–H and O–H groups in total. The van der Waals surface area contributed by atoms with Crippen LogP contribution in [0.5, 0.6) is 0 Å². The van der Waals surface area contributed by atoms with E-state index in [0.717, 1.165) is 13.2 Å². The van der Waals surface area contributed by atoms with Crippen molar-refractivity contribution in [2.24, 2.45) is 0 Å². The molecule has 10 nitrogen and oxygen atoms in total. The molecule has 0 amide bonds. The Bertz CT molecular complexity index is 745. The minimum Gasteiger partial charge on any atom is -0.467 e. The fraction of sp³-hybridized carbons (Fsp3) is 0.412. The second-order valence-electron chi connectivity index (χ2n) is 6.15. The van der Waals surface area contributed by atoms with E-state index in [4.69, 9.17) is 4.74 Å². The predicted molar refractivity (Wildman–Crippen MR) is 90.2 cm³/mol. The van der Waals surface area contributed by atoms with Gasteiger partial charge >= 0.3 is 11.9 Å². The van der Waals surface area contributed by atoms with E-state index >= 15 is 0 Å². The van der Waals surface area contributed by atoms with Crippen LogP contribution in [0.4, 0.5) is 5.69 Å². The van der Waals surface area contributed by atoms with Crippen LogP contribution in [0.15, 0.2) is 30.3 Å². The molecule has 1 aromatic rings. The number of nitro benzene ring substituents is 1. The lowest BCUT2D eigenvalue weighted by Gasteiger charge is -2.39. The van der Waals surface area contributed by atoms with Gasteiger partial charge in [-0.25, -0.2) is 9.59 Å². The number of aliphatic hydroxyl groups is 3. The average molecular weight is 381 g/mol. The number of esters is 2. The maximum absolute atomic E-state index is 12.0. The van der Waals surface area contributed by atoms with Gasteiger partial charge in [0.2, 0.25) is 0 Å². The van der Waals surface area contributed by atoms with Gasteiger partial charge < -0.3 is 24.8 Å². The van der Waals surface area contributed by atoms with Gasteiger partial charge in [-0.15, -0.1) is 0 Å². The quantitative estimate of drug-likeness (QED) is 0.275. The molecule has 10 heteroatoms. The van der Waals surface area contributed by atoms with Crippen molar-refractivity contribution in [3.8, 4) is 0 Å². The van der Waals surface area contributed by atoms with Crippen LogP contribution < -0.4 is 0 Å². The van der Waals surface area contributed by atoms with Crippen LogP contribution in [-0.2, 0) is 19.1 Å². The molecule has 0 bridgehead atoms. The molecule has 1 aromatic carbocycles. The van der Waals surface area contributed by atoms with Crippen LogP contribution in [0.2, 0.25) is 0 Å². The van der Waals surface area contributed by atoms with Gasteiger partial charge in [-0.3, -0.25) is 10.1 Å². The number of aliphatic hydroxyl groups excluding tert-OH is 2. The second-order valence-corrected chi connectivity index (χ2v) is 6.15. The molecule has 4 atom stereocenters. The lowest BCUT2D eigenvalue weighted by atomic mass is 9.79. The Morgan fingerprint density at radius 1 is 1.26 bits per heavy atom. The Balaban J connectivity index is 2.04. The number of hydrogen-bond donors (Lipinski definition) is 3. The lowest BCUT2D eigenvalue weighted by molar-refractivity contribution is -0.384. The van der Waals surface area contributed by atoms with Crippen molar-refractivity contribution < 1.29 is 39.3 Å². The first-order valence-corrected chi connectivity index (χ1v) is 7.96. The summed E-state index contributed by atoms with van der Waals surface area (Å²) in [6.45, 7) is 0. The highest BCUT2D eigenvalue weighted by atomic mass is 16.6. The molecule has 0 heterocycles. The number of methoxy groups -OCH3 is 1. The summed E-state index contributed by atoms with van der Waals surface area (Å²) in [5.41, 5.74) is -1.69. The molecule has 0 saturated heterocycles. The normalized spacial score (nSPS) is 27.9. The summed E-state index contributed by atoms with van der Waals surface area (Å²) < 4.78 is 9.51. The van der Waals surface area contributed by atoms with Gasteiger partial charge in [-0.2, -0.15) is 0 Å². The molecule has 2 rings (SSSR count). The van der Waals surface area contributed by atoms with Crippen molar-refractivity contribution in [3.05, 3.63) is 46.0 Å². The van der Waals surface area contributed by atoms with Crippen LogP contribution in [0, 0.1) is 10.1 Å². The van der Waals surface area contributed by atoms with Crippen LogP contribution in [0.25, 0.3) is 6.08 Å². The topological polar surface area (TPSA) is 156 Å². The molecule has 0 aromatic heterocycles. The Morgan fingerprint density at radius 3 is 2.44 bits per heavy atom. The SMILES string of the molecule is COC(=O)[C@]1(O)C[C@@H](O)[C@@H](O)[C@H](OC(=O)/C=C/c2ccc([N+](=O)[O-])cc2)C1. The number of nitro groups is 1. The van der Waals surface area contributed by atoms with E-state index in [-0.39, 0.29) is 5.69 Å². The third kappa shape index (κ3) is 4.88. The van der Waals surface area contributed by atoms with Gasteiger partial charge in [0.25, 0.3) is 5.69 Å². The molecule has 1 fully saturated rings. The Labute approximate surface area is 153 Å². The van der Waals surface area contributed by atoms with E-state index in [1.54, 1.807) is 0 Å². The average Bonchev–Trinajstić information content (AvgIpc) is 2.63. The van der Waals surface area contributed by atoms with E-state index in [0.29, 0.717) is 5.56 Å². The molecule has 0 radical (unpaired) electrons. The predicted octanol–water partition coefficient (Wildman–Crippen LogP) is -0.0605. The molecule has 1 aliphatic rings. The van der Waals surface area contributed by atoms with Crippen molar-refractivity contribution in [2.45, 2.75) is 36.8 Å². The summed E-state index contributed by atoms with van der Waals surface area (Å²) in [6.07, 6.45) is -2.82. The van der Waals surface area contributed by atoms with Crippen LogP contribution >= 0.6 is 0 Å². The minimum atomic E-state index is -2.08. The molecular weight excluding hydrogens is 362 g/mol. The zero-order valence-corrected chi connectivity index (χ0v) is 14.3. The van der Waals surface area contributed by atoms with Gasteiger partial charge in [-0.1, -0.05) is 0 Å². The molecule has 146 valence electrons. The molecule has 1 saturated carbocycles. The smallest absolute Gasteiger partial charge is 0.338 e. The Kier molecular flexibility index (Phi) is 6.26. The summed E-state index contributed by atoms with van der Waals surface area (Å²) >= 11 is 0. The zero-order valence-electron chi connectivity index (χ0n) is 14.3. The van der Waals surface area contributed by atoms with E-state index in [2.05, 4.69) is 4.74 Å². The van der Waals surface area contributed by atoms with E-state index in [1.165, 1.54) is 30.3 Å². The van der Waals surface area contributed by atoms with Gasteiger partial charge in [0.05, 0.1) is 18.1 Å². The molecule has 27 heavy (non-hydrogen) atoms. The Morgan fingerprint density at radius 2 is 1.89 bits per heavy atom. The van der Waals surface area contributed by atoms with Gasteiger partial charge in [-0.05, 0) is 23.8 Å². The van der Waals surface area contributed by atoms with Crippen LogP contribution in [-0.4, -0.2) is 63.2 Å². The maximum atomic E-state index is 12.0. The highest BCUT2D eigenvalue weighted by Crippen LogP contribution is 2.32. The third-order valence-electron chi connectivity index (χ3n) is 4.21. The highest BCUT2D eigenvalue weighted by molar-refractivity contribution is 5.87. The van der Waals surface area contributed by atoms with Crippen molar-refractivity contribution >= 4 is 23.7 Å². The molecule has 1 aliphatic carbocycles. The second kappa shape index (κ2) is 8.25. The largest absolute Gasteiger partial charge is 0.467 e. The van der Waals surface area contributed by atoms with Crippen molar-refractivity contribution in [1.82, 2.24) is 0 Å². The summed E-state index contributed by atoms with van der Waals surface area (Å²) in [5.74, 6) is -1.89. The van der Waals surface area contributed by atoms with Crippen LogP contribution in [0.1, 0.15) is 18.4 Å². The fourth-order valence-electron chi connectivity index (χ4n) is 2.78. The standard InChI is InChI=1S/C17H19NO9/c1-26-16(22)17(23)8-12(19)15(21)13(9-17)27-14(20)7-4-10-2-5-11(6-3-10)18(24)25/h2-7,12-13,15,19,21,23H,8-9H2,1H3/b7-4+/t12-,13-,15-,17+/m1/s1. The van der Waals surface area contributed by atoms with Gasteiger partial charge in [0, 0.05) is 31.1 Å². The zero-order chi connectivity index (χ0) is 20.2. The molecule has 0 aliphatic heterocycles. The van der Waals surface area contributed by atoms with Crippen LogP contribution in [0.3, 0.4) is 0 Å². The number of carbonyl (C=O) groups excluding carboxylic acids is 2. The van der Waals surface area contributed by atoms with E-state index in [1.807, 2.05) is 0 Å². The summed E-state index contributed by atoms with van der Waals surface area (Å²) in [5, 5.41) is 40.7. The molecule has 0 spiro atoms.